The summed E-state index contributed by atoms with van der Waals surface area (Å²) in [7, 11) is 0. The summed E-state index contributed by atoms with van der Waals surface area (Å²) in [6, 6.07) is 8.08. The SMILES string of the molecule is O=C(O)c1csc(-c2c(-c3c(F)cccc3Cl)noc2-c2cnn(-c3cccc(F)c3)c2C(F)(F)F)n1. The van der Waals surface area contributed by atoms with Crippen LogP contribution in [0.1, 0.15) is 16.2 Å². The van der Waals surface area contributed by atoms with Crippen LogP contribution in [0, 0.1) is 11.6 Å². The summed E-state index contributed by atoms with van der Waals surface area (Å²) in [6.07, 6.45) is -4.19. The van der Waals surface area contributed by atoms with Crippen LogP contribution in [0.15, 0.2) is 58.6 Å². The van der Waals surface area contributed by atoms with Crippen molar-refractivity contribution in [2.75, 3.05) is 0 Å². The first kappa shape index (κ1) is 24.6. The Morgan fingerprint density at radius 3 is 2.51 bits per heavy atom. The average molecular weight is 553 g/mol. The van der Waals surface area contributed by atoms with Crippen LogP contribution < -0.4 is 0 Å². The number of aromatic carboxylic acids is 1. The predicted octanol–water partition coefficient (Wildman–Crippen LogP) is 6.97. The highest BCUT2D eigenvalue weighted by Gasteiger charge is 2.42. The third-order valence-electron chi connectivity index (χ3n) is 5.16. The number of nitrogens with zero attached hydrogens (tertiary/aromatic N) is 4. The van der Waals surface area contributed by atoms with E-state index in [1.54, 1.807) is 0 Å². The zero-order valence-corrected chi connectivity index (χ0v) is 19.5. The highest BCUT2D eigenvalue weighted by molar-refractivity contribution is 7.13. The Balaban J connectivity index is 1.82. The lowest BCUT2D eigenvalue weighted by molar-refractivity contribution is -0.142. The molecule has 0 aliphatic heterocycles. The van der Waals surface area contributed by atoms with Crippen molar-refractivity contribution in [3.05, 3.63) is 82.1 Å². The van der Waals surface area contributed by atoms with E-state index >= 15 is 0 Å². The molecule has 0 bridgehead atoms. The molecule has 2 aromatic carbocycles. The molecule has 0 radical (unpaired) electrons. The van der Waals surface area contributed by atoms with E-state index in [1.807, 2.05) is 0 Å². The summed E-state index contributed by atoms with van der Waals surface area (Å²) in [5.41, 5.74) is -3.39. The number of carbonyl (C=O) groups is 1. The van der Waals surface area contributed by atoms with E-state index in [1.165, 1.54) is 24.3 Å². The molecule has 37 heavy (non-hydrogen) atoms. The van der Waals surface area contributed by atoms with E-state index in [0.29, 0.717) is 4.68 Å². The van der Waals surface area contributed by atoms with Crippen molar-refractivity contribution in [3.63, 3.8) is 0 Å². The summed E-state index contributed by atoms with van der Waals surface area (Å²) in [4.78, 5) is 15.4. The number of carboxylic acids is 1. The molecule has 0 fully saturated rings. The van der Waals surface area contributed by atoms with E-state index < -0.39 is 46.5 Å². The number of alkyl halides is 3. The highest BCUT2D eigenvalue weighted by atomic mass is 35.5. The second-order valence-corrected chi connectivity index (χ2v) is 8.74. The van der Waals surface area contributed by atoms with Gasteiger partial charge in [-0.25, -0.2) is 23.2 Å². The highest BCUT2D eigenvalue weighted by Crippen LogP contribution is 2.47. The molecule has 188 valence electrons. The first-order valence-electron chi connectivity index (χ1n) is 10.1. The number of carboxylic acid groups (broad SMARTS) is 1. The molecule has 5 rings (SSSR count). The minimum Gasteiger partial charge on any atom is -0.476 e. The van der Waals surface area contributed by atoms with E-state index in [0.717, 1.165) is 41.1 Å². The minimum atomic E-state index is -5.02. The van der Waals surface area contributed by atoms with Gasteiger partial charge < -0.3 is 9.63 Å². The fraction of sp³-hybridized carbons (Fsp3) is 0.0435. The number of hydrogen-bond donors (Lipinski definition) is 1. The standard InChI is InChI=1S/C23H10ClF5N4O3S/c24-13-5-2-6-14(26)16(13)18-17(21-31-15(9-37-21)22(34)35)19(36-32-18)12-8-30-33(20(12)23(27,28)29)11-4-1-3-10(25)7-11/h1-9H,(H,34,35). The van der Waals surface area contributed by atoms with Crippen LogP contribution in [0.4, 0.5) is 22.0 Å². The lowest BCUT2D eigenvalue weighted by Crippen LogP contribution is -2.14. The number of benzene rings is 2. The summed E-state index contributed by atoms with van der Waals surface area (Å²) < 4.78 is 77.3. The Morgan fingerprint density at radius 2 is 1.86 bits per heavy atom. The molecule has 0 aliphatic rings. The molecule has 0 spiro atoms. The minimum absolute atomic E-state index is 0.116. The van der Waals surface area contributed by atoms with Gasteiger partial charge >= 0.3 is 12.1 Å². The fourth-order valence-corrected chi connectivity index (χ4v) is 4.73. The molecule has 7 nitrogen and oxygen atoms in total. The second-order valence-electron chi connectivity index (χ2n) is 7.47. The molecular weight excluding hydrogens is 543 g/mol. The molecular formula is C23H10ClF5N4O3S. The van der Waals surface area contributed by atoms with Crippen molar-refractivity contribution in [2.45, 2.75) is 6.18 Å². The normalized spacial score (nSPS) is 11.7. The van der Waals surface area contributed by atoms with Crippen LogP contribution in [-0.4, -0.2) is 31.0 Å². The number of aromatic nitrogens is 4. The maximum Gasteiger partial charge on any atom is 0.434 e. The Kier molecular flexibility index (Phi) is 6.04. The van der Waals surface area contributed by atoms with Crippen LogP contribution in [0.3, 0.4) is 0 Å². The molecule has 0 saturated carbocycles. The van der Waals surface area contributed by atoms with Crippen LogP contribution in [0.25, 0.3) is 38.8 Å². The van der Waals surface area contributed by atoms with Gasteiger partial charge in [0.25, 0.3) is 0 Å². The van der Waals surface area contributed by atoms with Crippen LogP contribution in [0.2, 0.25) is 5.02 Å². The molecule has 3 heterocycles. The van der Waals surface area contributed by atoms with Gasteiger partial charge in [0.05, 0.1) is 33.6 Å². The third-order valence-corrected chi connectivity index (χ3v) is 6.34. The molecule has 14 heteroatoms. The maximum atomic E-state index is 14.8. The van der Waals surface area contributed by atoms with Gasteiger partial charge in [0.15, 0.2) is 17.1 Å². The number of halogens is 6. The summed E-state index contributed by atoms with van der Waals surface area (Å²) in [5, 5.41) is 17.8. The molecule has 3 aromatic heterocycles. The van der Waals surface area contributed by atoms with Crippen molar-refractivity contribution in [1.29, 1.82) is 0 Å². The zero-order valence-electron chi connectivity index (χ0n) is 17.9. The van der Waals surface area contributed by atoms with Gasteiger partial charge in [-0.15, -0.1) is 11.3 Å². The topological polar surface area (TPSA) is 94.0 Å². The van der Waals surface area contributed by atoms with Crippen LogP contribution in [0.5, 0.6) is 0 Å². The summed E-state index contributed by atoms with van der Waals surface area (Å²) in [6.45, 7) is 0. The predicted molar refractivity (Wildman–Crippen MR) is 122 cm³/mol. The van der Waals surface area contributed by atoms with Crippen LogP contribution >= 0.6 is 22.9 Å². The van der Waals surface area contributed by atoms with Gasteiger partial charge in [-0.1, -0.05) is 28.9 Å². The first-order chi connectivity index (χ1) is 17.6. The van der Waals surface area contributed by atoms with Crippen LogP contribution in [-0.2, 0) is 6.18 Å². The van der Waals surface area contributed by atoms with Crippen molar-refractivity contribution < 1.29 is 36.4 Å². The van der Waals surface area contributed by atoms with Crippen molar-refractivity contribution in [3.8, 4) is 38.8 Å². The van der Waals surface area contributed by atoms with Crippen molar-refractivity contribution in [2.24, 2.45) is 0 Å². The average Bonchev–Trinajstić information content (AvgIpc) is 3.56. The Morgan fingerprint density at radius 1 is 1.11 bits per heavy atom. The van der Waals surface area contributed by atoms with Gasteiger partial charge in [0.2, 0.25) is 0 Å². The van der Waals surface area contributed by atoms with E-state index in [-0.39, 0.29) is 32.5 Å². The monoisotopic (exact) mass is 552 g/mol. The maximum absolute atomic E-state index is 14.8. The molecule has 1 N–H and O–H groups in total. The van der Waals surface area contributed by atoms with E-state index in [2.05, 4.69) is 15.2 Å². The second kappa shape index (κ2) is 9.09. The number of thiazole rings is 1. The molecule has 0 saturated heterocycles. The smallest absolute Gasteiger partial charge is 0.434 e. The van der Waals surface area contributed by atoms with Gasteiger partial charge in [0, 0.05) is 5.38 Å². The van der Waals surface area contributed by atoms with Gasteiger partial charge in [-0.3, -0.25) is 0 Å². The van der Waals surface area contributed by atoms with E-state index in [9.17, 15) is 31.9 Å². The molecule has 5 aromatic rings. The van der Waals surface area contributed by atoms with Gasteiger partial charge in [-0.2, -0.15) is 18.3 Å². The summed E-state index contributed by atoms with van der Waals surface area (Å²) >= 11 is 6.94. The molecule has 0 amide bonds. The van der Waals surface area contributed by atoms with E-state index in [4.69, 9.17) is 16.1 Å². The quantitative estimate of drug-likeness (QED) is 0.237. The zero-order chi connectivity index (χ0) is 26.5. The largest absolute Gasteiger partial charge is 0.476 e. The van der Waals surface area contributed by atoms with Gasteiger partial charge in [0.1, 0.15) is 22.3 Å². The third kappa shape index (κ3) is 4.36. The fourth-order valence-electron chi connectivity index (χ4n) is 3.64. The molecule has 0 atom stereocenters. The number of hydrogen-bond acceptors (Lipinski definition) is 6. The molecule has 0 aliphatic carbocycles. The lowest BCUT2D eigenvalue weighted by atomic mass is 10.0. The Bertz CT molecular complexity index is 1640. The summed E-state index contributed by atoms with van der Waals surface area (Å²) in [5.74, 6) is -3.55. The lowest BCUT2D eigenvalue weighted by Gasteiger charge is -2.12. The molecule has 0 unspecified atom stereocenters. The van der Waals surface area contributed by atoms with Crippen molar-refractivity contribution in [1.82, 2.24) is 19.9 Å². The van der Waals surface area contributed by atoms with Crippen molar-refractivity contribution >= 4 is 28.9 Å². The first-order valence-corrected chi connectivity index (χ1v) is 11.4. The Hall–Kier alpha value is -4.10. The Labute approximate surface area is 212 Å². The van der Waals surface area contributed by atoms with Gasteiger partial charge in [-0.05, 0) is 30.3 Å². The number of rotatable bonds is 5.